The Kier molecular flexibility index (Phi) is 16.0. The average molecular weight is 270 g/mol. The Morgan fingerprint density at radius 1 is 0.474 bits per heavy atom. The zero-order valence-corrected chi connectivity index (χ0v) is 14.1. The largest absolute Gasteiger partial charge is 0.304 e. The number of hydrogen-bond acceptors (Lipinski definition) is 1. The molecule has 116 valence electrons. The summed E-state index contributed by atoms with van der Waals surface area (Å²) in [6.07, 6.45) is 17.4. The third kappa shape index (κ3) is 14.2. The summed E-state index contributed by atoms with van der Waals surface area (Å²) in [4.78, 5) is 2.54. The summed E-state index contributed by atoms with van der Waals surface area (Å²) in [6.45, 7) is 10.6. The summed E-state index contributed by atoms with van der Waals surface area (Å²) in [7, 11) is 0. The molecule has 0 atom stereocenters. The van der Waals surface area contributed by atoms with E-state index in [0.29, 0.717) is 0 Å². The van der Waals surface area contributed by atoms with Crippen LogP contribution in [0.3, 0.4) is 0 Å². The molecule has 1 nitrogen and oxygen atoms in total. The van der Waals surface area contributed by atoms with Crippen LogP contribution in [0.1, 0.15) is 97.8 Å². The minimum Gasteiger partial charge on any atom is -0.304 e. The Morgan fingerprint density at radius 3 is 1.21 bits per heavy atom. The van der Waals surface area contributed by atoms with Crippen LogP contribution in [0.2, 0.25) is 0 Å². The molecule has 1 heteroatoms. The molecular weight excluding hydrogens is 230 g/mol. The van der Waals surface area contributed by atoms with E-state index >= 15 is 0 Å². The Labute approximate surface area is 123 Å². The van der Waals surface area contributed by atoms with Gasteiger partial charge < -0.3 is 4.90 Å². The van der Waals surface area contributed by atoms with Crippen molar-refractivity contribution in [1.29, 1.82) is 0 Å². The predicted molar refractivity (Wildman–Crippen MR) is 88.9 cm³/mol. The van der Waals surface area contributed by atoms with Crippen molar-refractivity contribution in [2.75, 3.05) is 19.6 Å². The normalized spacial score (nSPS) is 11.4. The molecule has 0 aliphatic carbocycles. The molecule has 0 fully saturated rings. The molecule has 0 amide bonds. The zero-order valence-electron chi connectivity index (χ0n) is 14.1. The summed E-state index contributed by atoms with van der Waals surface area (Å²) in [5.74, 6) is 0. The van der Waals surface area contributed by atoms with Crippen LogP contribution in [-0.2, 0) is 0 Å². The van der Waals surface area contributed by atoms with Crippen LogP contribution < -0.4 is 0 Å². The molecule has 19 heavy (non-hydrogen) atoms. The van der Waals surface area contributed by atoms with Crippen molar-refractivity contribution in [3.63, 3.8) is 0 Å². The summed E-state index contributed by atoms with van der Waals surface area (Å²) in [5, 5.41) is 0. The van der Waals surface area contributed by atoms with Gasteiger partial charge in [-0.2, -0.15) is 0 Å². The van der Waals surface area contributed by atoms with Crippen molar-refractivity contribution in [2.45, 2.75) is 97.8 Å². The van der Waals surface area contributed by atoms with Crippen molar-refractivity contribution >= 4 is 0 Å². The second-order valence-corrected chi connectivity index (χ2v) is 5.92. The maximum Gasteiger partial charge on any atom is -0.00190 e. The topological polar surface area (TPSA) is 3.24 Å². The van der Waals surface area contributed by atoms with Gasteiger partial charge in [0, 0.05) is 0 Å². The Balaban J connectivity index is 3.02. The maximum absolute atomic E-state index is 2.54. The predicted octanol–water partition coefficient (Wildman–Crippen LogP) is 6.03. The van der Waals surface area contributed by atoms with E-state index < -0.39 is 0 Å². The standard InChI is InChI=1S/C18H39N/c1-4-7-8-9-10-11-12-13-14-15-16-17-18-19(5-2)6-3/h4-18H2,1-3H3. The maximum atomic E-state index is 2.54. The van der Waals surface area contributed by atoms with Crippen molar-refractivity contribution in [3.05, 3.63) is 0 Å². The highest BCUT2D eigenvalue weighted by atomic mass is 15.1. The lowest BCUT2D eigenvalue weighted by atomic mass is 10.1. The first-order valence-corrected chi connectivity index (χ1v) is 9.07. The molecule has 0 unspecified atom stereocenters. The first-order chi connectivity index (χ1) is 9.35. The highest BCUT2D eigenvalue weighted by Crippen LogP contribution is 2.12. The Hall–Kier alpha value is -0.0400. The molecule has 0 rings (SSSR count). The second-order valence-electron chi connectivity index (χ2n) is 5.92. The Morgan fingerprint density at radius 2 is 0.842 bits per heavy atom. The van der Waals surface area contributed by atoms with Crippen molar-refractivity contribution < 1.29 is 0 Å². The summed E-state index contributed by atoms with van der Waals surface area (Å²) < 4.78 is 0. The van der Waals surface area contributed by atoms with E-state index in [1.165, 1.54) is 96.7 Å². The lowest BCUT2D eigenvalue weighted by molar-refractivity contribution is 0.295. The molecule has 0 aliphatic rings. The fourth-order valence-corrected chi connectivity index (χ4v) is 2.72. The van der Waals surface area contributed by atoms with Gasteiger partial charge in [-0.25, -0.2) is 0 Å². The molecule has 0 radical (unpaired) electrons. The van der Waals surface area contributed by atoms with Crippen LogP contribution in [0.5, 0.6) is 0 Å². The summed E-state index contributed by atoms with van der Waals surface area (Å²) >= 11 is 0. The third-order valence-electron chi connectivity index (χ3n) is 4.22. The van der Waals surface area contributed by atoms with E-state index in [-0.39, 0.29) is 0 Å². The van der Waals surface area contributed by atoms with E-state index in [4.69, 9.17) is 0 Å². The first-order valence-electron chi connectivity index (χ1n) is 9.07. The van der Waals surface area contributed by atoms with E-state index in [1.54, 1.807) is 0 Å². The van der Waals surface area contributed by atoms with Crippen molar-refractivity contribution in [1.82, 2.24) is 4.90 Å². The minimum absolute atomic E-state index is 1.22. The van der Waals surface area contributed by atoms with E-state index in [2.05, 4.69) is 25.7 Å². The van der Waals surface area contributed by atoms with Gasteiger partial charge in [-0.05, 0) is 26.1 Å². The van der Waals surface area contributed by atoms with Gasteiger partial charge in [-0.15, -0.1) is 0 Å². The van der Waals surface area contributed by atoms with Gasteiger partial charge in [0.15, 0.2) is 0 Å². The summed E-state index contributed by atoms with van der Waals surface area (Å²) in [6, 6.07) is 0. The van der Waals surface area contributed by atoms with Crippen LogP contribution >= 0.6 is 0 Å². The minimum atomic E-state index is 1.22. The molecule has 0 bridgehead atoms. The molecule has 0 aromatic rings. The molecule has 0 aromatic heterocycles. The number of nitrogens with zero attached hydrogens (tertiary/aromatic N) is 1. The summed E-state index contributed by atoms with van der Waals surface area (Å²) in [5.41, 5.74) is 0. The smallest absolute Gasteiger partial charge is 0.00190 e. The molecular formula is C18H39N. The fourth-order valence-electron chi connectivity index (χ4n) is 2.72. The molecule has 0 saturated heterocycles. The van der Waals surface area contributed by atoms with E-state index in [0.717, 1.165) is 0 Å². The van der Waals surface area contributed by atoms with Gasteiger partial charge in [0.05, 0.1) is 0 Å². The monoisotopic (exact) mass is 269 g/mol. The fraction of sp³-hybridized carbons (Fsp3) is 1.00. The number of rotatable bonds is 15. The van der Waals surface area contributed by atoms with Crippen LogP contribution in [0.4, 0.5) is 0 Å². The van der Waals surface area contributed by atoms with E-state index in [1.807, 2.05) is 0 Å². The SMILES string of the molecule is CCCCCCCCCCCCCCN(CC)CC. The van der Waals surface area contributed by atoms with Crippen LogP contribution in [0.15, 0.2) is 0 Å². The molecule has 0 heterocycles. The van der Waals surface area contributed by atoms with Crippen LogP contribution in [0.25, 0.3) is 0 Å². The lowest BCUT2D eigenvalue weighted by Crippen LogP contribution is -2.23. The number of unbranched alkanes of at least 4 members (excludes halogenated alkanes) is 11. The highest BCUT2D eigenvalue weighted by Gasteiger charge is 1.98. The van der Waals surface area contributed by atoms with Crippen LogP contribution in [-0.4, -0.2) is 24.5 Å². The quantitative estimate of drug-likeness (QED) is 0.328. The highest BCUT2D eigenvalue weighted by molar-refractivity contribution is 4.53. The van der Waals surface area contributed by atoms with E-state index in [9.17, 15) is 0 Å². The second kappa shape index (κ2) is 16.0. The van der Waals surface area contributed by atoms with Gasteiger partial charge in [-0.3, -0.25) is 0 Å². The van der Waals surface area contributed by atoms with Gasteiger partial charge >= 0.3 is 0 Å². The lowest BCUT2D eigenvalue weighted by Gasteiger charge is -2.17. The molecule has 0 aromatic carbocycles. The van der Waals surface area contributed by atoms with Crippen LogP contribution in [0, 0.1) is 0 Å². The van der Waals surface area contributed by atoms with Gasteiger partial charge in [-0.1, -0.05) is 91.4 Å². The molecule has 0 spiro atoms. The third-order valence-corrected chi connectivity index (χ3v) is 4.22. The average Bonchev–Trinajstić information content (AvgIpc) is 2.44. The molecule has 0 N–H and O–H groups in total. The van der Waals surface area contributed by atoms with Gasteiger partial charge in [0.2, 0.25) is 0 Å². The number of hydrogen-bond donors (Lipinski definition) is 0. The van der Waals surface area contributed by atoms with Gasteiger partial charge in [0.1, 0.15) is 0 Å². The van der Waals surface area contributed by atoms with Gasteiger partial charge in [0.25, 0.3) is 0 Å². The van der Waals surface area contributed by atoms with Crippen molar-refractivity contribution in [2.24, 2.45) is 0 Å². The first kappa shape index (κ1) is 19.0. The zero-order chi connectivity index (χ0) is 14.2. The molecule has 0 aliphatic heterocycles. The van der Waals surface area contributed by atoms with Crippen molar-refractivity contribution in [3.8, 4) is 0 Å². The molecule has 0 saturated carbocycles. The Bertz CT molecular complexity index is 152.